The number of nitrogens with zero attached hydrogens (tertiary/aromatic N) is 1. The van der Waals surface area contributed by atoms with Gasteiger partial charge in [-0.1, -0.05) is 66.5 Å². The van der Waals surface area contributed by atoms with Crippen molar-refractivity contribution in [2.75, 3.05) is 0 Å². The molecule has 0 aromatic heterocycles. The third kappa shape index (κ3) is 7.37. The summed E-state index contributed by atoms with van der Waals surface area (Å²) in [5, 5.41) is 20.2. The van der Waals surface area contributed by atoms with Gasteiger partial charge in [0.2, 0.25) is 0 Å². The Bertz CT molecular complexity index is 894. The number of allylic oxidation sites excluding steroid dienone is 12. The van der Waals surface area contributed by atoms with Crippen LogP contribution in [0, 0.1) is 29.1 Å². The van der Waals surface area contributed by atoms with Crippen LogP contribution in [0.4, 0.5) is 0 Å². The largest absolute Gasteiger partial charge is 0.427 e. The van der Waals surface area contributed by atoms with Gasteiger partial charge in [-0.15, -0.1) is 0 Å². The first-order valence-corrected chi connectivity index (χ1v) is 11.9. The maximum atomic E-state index is 10.3. The van der Waals surface area contributed by atoms with E-state index < -0.39 is 11.2 Å². The van der Waals surface area contributed by atoms with Crippen molar-refractivity contribution in [3.8, 4) is 6.07 Å². The van der Waals surface area contributed by atoms with Crippen molar-refractivity contribution in [3.63, 3.8) is 0 Å². The van der Waals surface area contributed by atoms with E-state index in [2.05, 4.69) is 37.3 Å². The van der Waals surface area contributed by atoms with Crippen LogP contribution >= 0.6 is 11.6 Å². The van der Waals surface area contributed by atoms with Crippen molar-refractivity contribution >= 4 is 19.1 Å². The van der Waals surface area contributed by atoms with Gasteiger partial charge in [-0.3, -0.25) is 0 Å². The van der Waals surface area contributed by atoms with E-state index in [1.54, 1.807) is 13.8 Å². The maximum Gasteiger partial charge on any atom is 0.305 e. The zero-order chi connectivity index (χ0) is 23.9. The average molecular weight is 454 g/mol. The summed E-state index contributed by atoms with van der Waals surface area (Å²) in [4.78, 5) is 0. The van der Waals surface area contributed by atoms with Crippen molar-refractivity contribution < 1.29 is 9.76 Å². The first kappa shape index (κ1) is 26.5. The third-order valence-corrected chi connectivity index (χ3v) is 6.95. The van der Waals surface area contributed by atoms with E-state index in [1.807, 2.05) is 45.1 Å². The maximum absolute atomic E-state index is 10.3. The monoisotopic (exact) mass is 453 g/mol. The SMILES string of the molecule is C/C=C\C(C#N)=C/CCC1C=CC(C2C=C(Cl)C=C(BOC(C)(C)C(C)(C)O)C2)=C[C@@H]1C. The van der Waals surface area contributed by atoms with Crippen molar-refractivity contribution in [2.24, 2.45) is 17.8 Å². The van der Waals surface area contributed by atoms with Gasteiger partial charge < -0.3 is 9.76 Å². The zero-order valence-electron chi connectivity index (χ0n) is 20.4. The Balaban J connectivity index is 1.99. The molecule has 2 unspecified atom stereocenters. The minimum Gasteiger partial charge on any atom is -0.427 e. The Hall–Kier alpha value is -1.80. The van der Waals surface area contributed by atoms with Crippen LogP contribution in [-0.4, -0.2) is 23.8 Å². The zero-order valence-corrected chi connectivity index (χ0v) is 21.1. The topological polar surface area (TPSA) is 53.2 Å². The Morgan fingerprint density at radius 3 is 2.66 bits per heavy atom. The molecule has 0 fully saturated rings. The van der Waals surface area contributed by atoms with Crippen LogP contribution in [0.1, 0.15) is 60.8 Å². The molecule has 0 aromatic carbocycles. The molecule has 0 heterocycles. The highest BCUT2D eigenvalue weighted by molar-refractivity contribution is 6.40. The minimum absolute atomic E-state index is 0.232. The lowest BCUT2D eigenvalue weighted by Gasteiger charge is -2.38. The number of nitriles is 1. The first-order valence-electron chi connectivity index (χ1n) is 11.5. The van der Waals surface area contributed by atoms with Gasteiger partial charge in [-0.25, -0.2) is 0 Å². The van der Waals surface area contributed by atoms with Gasteiger partial charge in [0, 0.05) is 16.5 Å². The molecule has 0 saturated heterocycles. The highest BCUT2D eigenvalue weighted by Gasteiger charge is 2.36. The van der Waals surface area contributed by atoms with E-state index in [-0.39, 0.29) is 5.92 Å². The van der Waals surface area contributed by atoms with Crippen LogP contribution in [0.2, 0.25) is 0 Å². The second kappa shape index (κ2) is 11.4. The van der Waals surface area contributed by atoms with E-state index in [1.165, 1.54) is 5.57 Å². The molecule has 2 rings (SSSR count). The molecule has 3 nitrogen and oxygen atoms in total. The fourth-order valence-electron chi connectivity index (χ4n) is 3.86. The fraction of sp³-hybridized carbons (Fsp3) is 0.519. The predicted octanol–water partition coefficient (Wildman–Crippen LogP) is 6.49. The Labute approximate surface area is 200 Å². The molecular formula is C27H37BClNO2. The Morgan fingerprint density at radius 2 is 2.06 bits per heavy atom. The van der Waals surface area contributed by atoms with Gasteiger partial charge >= 0.3 is 7.48 Å². The van der Waals surface area contributed by atoms with E-state index in [9.17, 15) is 5.11 Å². The molecule has 3 atom stereocenters. The van der Waals surface area contributed by atoms with Gasteiger partial charge in [-0.2, -0.15) is 5.26 Å². The molecule has 0 aliphatic heterocycles. The van der Waals surface area contributed by atoms with Gasteiger partial charge in [0.05, 0.1) is 17.3 Å². The summed E-state index contributed by atoms with van der Waals surface area (Å²) in [5.74, 6) is 1.13. The highest BCUT2D eigenvalue weighted by Crippen LogP contribution is 2.36. The summed E-state index contributed by atoms with van der Waals surface area (Å²) < 4.78 is 6.07. The molecule has 0 saturated carbocycles. The van der Waals surface area contributed by atoms with Crippen LogP contribution in [0.5, 0.6) is 0 Å². The van der Waals surface area contributed by atoms with Crippen molar-refractivity contribution in [1.29, 1.82) is 5.26 Å². The predicted molar refractivity (Wildman–Crippen MR) is 136 cm³/mol. The van der Waals surface area contributed by atoms with Crippen LogP contribution < -0.4 is 0 Å². The summed E-state index contributed by atoms with van der Waals surface area (Å²) >= 11 is 6.46. The second-order valence-electron chi connectivity index (χ2n) is 9.92. The molecule has 0 radical (unpaired) electrons. The van der Waals surface area contributed by atoms with Crippen LogP contribution in [0.3, 0.4) is 0 Å². The molecule has 0 amide bonds. The lowest BCUT2D eigenvalue weighted by atomic mass is 9.72. The van der Waals surface area contributed by atoms with Crippen LogP contribution in [0.15, 0.2) is 70.3 Å². The highest BCUT2D eigenvalue weighted by atomic mass is 35.5. The summed E-state index contributed by atoms with van der Waals surface area (Å²) in [5.41, 5.74) is 1.57. The van der Waals surface area contributed by atoms with E-state index in [0.29, 0.717) is 19.3 Å². The number of rotatable bonds is 9. The van der Waals surface area contributed by atoms with E-state index in [4.69, 9.17) is 21.5 Å². The molecule has 2 aliphatic rings. The lowest BCUT2D eigenvalue weighted by Crippen LogP contribution is -2.48. The van der Waals surface area contributed by atoms with Crippen molar-refractivity contribution in [2.45, 2.75) is 72.0 Å². The first-order chi connectivity index (χ1) is 15.0. The number of halogens is 1. The number of hydrogen-bond donors (Lipinski definition) is 1. The smallest absolute Gasteiger partial charge is 0.305 e. The van der Waals surface area contributed by atoms with Gasteiger partial charge in [0.1, 0.15) is 0 Å². The molecule has 2 aliphatic carbocycles. The quantitative estimate of drug-likeness (QED) is 0.247. The van der Waals surface area contributed by atoms with Crippen molar-refractivity contribution in [3.05, 3.63) is 70.3 Å². The number of hydrogen-bond acceptors (Lipinski definition) is 3. The summed E-state index contributed by atoms with van der Waals surface area (Å²) in [6.45, 7) is 11.5. The summed E-state index contributed by atoms with van der Waals surface area (Å²) in [6, 6.07) is 2.23. The molecule has 0 aromatic rings. The third-order valence-electron chi connectivity index (χ3n) is 6.71. The van der Waals surface area contributed by atoms with E-state index in [0.717, 1.165) is 35.3 Å². The Kier molecular flexibility index (Phi) is 9.40. The molecule has 1 N–H and O–H groups in total. The normalized spacial score (nSPS) is 24.7. The van der Waals surface area contributed by atoms with Gasteiger partial charge in [0.25, 0.3) is 0 Å². The van der Waals surface area contributed by atoms with Gasteiger partial charge in [0.15, 0.2) is 0 Å². The Morgan fingerprint density at radius 1 is 1.34 bits per heavy atom. The van der Waals surface area contributed by atoms with Crippen LogP contribution in [-0.2, 0) is 4.65 Å². The lowest BCUT2D eigenvalue weighted by molar-refractivity contribution is -0.0897. The second-order valence-corrected chi connectivity index (χ2v) is 10.4. The molecule has 0 bridgehead atoms. The summed E-state index contributed by atoms with van der Waals surface area (Å²) in [6.07, 6.45) is 19.6. The van der Waals surface area contributed by atoms with Gasteiger partial charge in [-0.05, 0) is 77.4 Å². The summed E-state index contributed by atoms with van der Waals surface area (Å²) in [7, 11) is 0.451. The van der Waals surface area contributed by atoms with Crippen molar-refractivity contribution in [1.82, 2.24) is 0 Å². The average Bonchev–Trinajstić information content (AvgIpc) is 2.71. The minimum atomic E-state index is -0.934. The molecule has 32 heavy (non-hydrogen) atoms. The standard InChI is InChI=1S/C27H37BClNO2/c1-7-9-20(18-30)10-8-11-21-12-13-22(14-19(21)2)23-15-24(17-25(29)16-23)28-32-27(5,6)26(3,4)31/h7,9-10,12-14,16-17,19,21,23,28,31H,8,11,15H2,1-6H3/b9-7-,20-10+/t19-,21?,23?/m0/s1. The van der Waals surface area contributed by atoms with Crippen LogP contribution in [0.25, 0.3) is 0 Å². The molecule has 0 spiro atoms. The molecular weight excluding hydrogens is 417 g/mol. The fourth-order valence-corrected chi connectivity index (χ4v) is 4.17. The number of aliphatic hydroxyl groups is 1. The molecule has 5 heteroatoms. The molecule has 172 valence electrons. The van der Waals surface area contributed by atoms with E-state index >= 15 is 0 Å².